The highest BCUT2D eigenvalue weighted by Crippen LogP contribution is 2.38. The zero-order valence-electron chi connectivity index (χ0n) is 16.6. The molecule has 10 heteroatoms. The Hall–Kier alpha value is -3.24. The van der Waals surface area contributed by atoms with Crippen LogP contribution < -0.4 is 20.7 Å². The van der Waals surface area contributed by atoms with Gasteiger partial charge in [0, 0.05) is 31.7 Å². The van der Waals surface area contributed by atoms with E-state index in [1.807, 2.05) is 30.3 Å². The number of sulfonamides is 1. The predicted molar refractivity (Wildman–Crippen MR) is 123 cm³/mol. The van der Waals surface area contributed by atoms with Gasteiger partial charge in [-0.2, -0.15) is 0 Å². The fourth-order valence-corrected chi connectivity index (χ4v) is 5.48. The molecule has 30 heavy (non-hydrogen) atoms. The van der Waals surface area contributed by atoms with E-state index >= 15 is 0 Å². The summed E-state index contributed by atoms with van der Waals surface area (Å²) in [6, 6.07) is 14.1. The van der Waals surface area contributed by atoms with Gasteiger partial charge < -0.3 is 21.1 Å². The number of thiophene rings is 1. The minimum atomic E-state index is -4.11. The highest BCUT2D eigenvalue weighted by Gasteiger charge is 2.27. The third kappa shape index (κ3) is 4.19. The van der Waals surface area contributed by atoms with Crippen molar-refractivity contribution < 1.29 is 18.3 Å². The highest BCUT2D eigenvalue weighted by molar-refractivity contribution is 7.93. The van der Waals surface area contributed by atoms with Crippen molar-refractivity contribution in [1.82, 2.24) is 0 Å². The number of carboxylic acid groups (broad SMARTS) is 1. The fraction of sp³-hybridized carbons (Fsp3) is 0.150. The summed E-state index contributed by atoms with van der Waals surface area (Å²) in [7, 11) is 0.862. The molecule has 8 nitrogen and oxygen atoms in total. The van der Waals surface area contributed by atoms with E-state index in [1.54, 1.807) is 39.3 Å². The topological polar surface area (TPSA) is 120 Å². The summed E-state index contributed by atoms with van der Waals surface area (Å²) < 4.78 is 29.0. The molecule has 0 aliphatic heterocycles. The summed E-state index contributed by atoms with van der Waals surface area (Å²) in [6.07, 6.45) is 0. The maximum Gasteiger partial charge on any atom is 0.348 e. The van der Waals surface area contributed by atoms with E-state index in [0.29, 0.717) is 16.3 Å². The van der Waals surface area contributed by atoms with E-state index < -0.39 is 16.0 Å². The van der Waals surface area contributed by atoms with Crippen LogP contribution in [-0.4, -0.2) is 40.6 Å². The predicted octanol–water partition coefficient (Wildman–Crippen LogP) is 4.04. The number of anilines is 4. The first-order chi connectivity index (χ1) is 14.3. The summed E-state index contributed by atoms with van der Waals surface area (Å²) >= 11 is 1.01. The van der Waals surface area contributed by atoms with Gasteiger partial charge in [-0.05, 0) is 23.8 Å². The van der Waals surface area contributed by atoms with Crippen molar-refractivity contribution in [1.29, 1.82) is 0 Å². The number of benzene rings is 2. The molecule has 3 aromatic rings. The number of carboxylic acids is 1. The van der Waals surface area contributed by atoms with Crippen molar-refractivity contribution in [3.8, 4) is 10.4 Å². The zero-order chi connectivity index (χ0) is 21.9. The summed E-state index contributed by atoms with van der Waals surface area (Å²) in [4.78, 5) is 12.3. The van der Waals surface area contributed by atoms with Crippen molar-refractivity contribution in [2.24, 2.45) is 0 Å². The Kier molecular flexibility index (Phi) is 6.18. The third-order valence-electron chi connectivity index (χ3n) is 4.41. The molecule has 5 N–H and O–H groups in total. The summed E-state index contributed by atoms with van der Waals surface area (Å²) in [6.45, 7) is 0. The van der Waals surface area contributed by atoms with Crippen LogP contribution in [0.15, 0.2) is 53.4 Å². The van der Waals surface area contributed by atoms with Gasteiger partial charge in [-0.25, -0.2) is 13.2 Å². The average Bonchev–Trinajstić information content (AvgIpc) is 3.16. The average molecular weight is 447 g/mol. The van der Waals surface area contributed by atoms with E-state index in [0.717, 1.165) is 22.6 Å². The largest absolute Gasteiger partial charge is 0.477 e. The first-order valence-corrected chi connectivity index (χ1v) is 11.3. The second-order valence-corrected chi connectivity index (χ2v) is 8.95. The Morgan fingerprint density at radius 1 is 0.900 bits per heavy atom. The number of hydrogen-bond acceptors (Lipinski definition) is 7. The van der Waals surface area contributed by atoms with Gasteiger partial charge in [0.25, 0.3) is 10.0 Å². The van der Waals surface area contributed by atoms with Crippen LogP contribution in [0.4, 0.5) is 22.7 Å². The molecule has 3 rings (SSSR count). The maximum atomic E-state index is 13.3. The van der Waals surface area contributed by atoms with E-state index in [4.69, 9.17) is 0 Å². The molecule has 2 aromatic carbocycles. The molecule has 0 saturated carbocycles. The SMILES string of the molecule is CNc1cc(NC)c(S(=O)(=O)Nc2cc(-c3ccccc3)sc2C(=O)O)c(NC)c1. The monoisotopic (exact) mass is 446 g/mol. The third-order valence-corrected chi connectivity index (χ3v) is 7.05. The van der Waals surface area contributed by atoms with E-state index in [9.17, 15) is 18.3 Å². The molecule has 1 heterocycles. The maximum absolute atomic E-state index is 13.3. The number of hydrogen-bond donors (Lipinski definition) is 5. The highest BCUT2D eigenvalue weighted by atomic mass is 32.2. The van der Waals surface area contributed by atoms with Crippen LogP contribution in [0.1, 0.15) is 9.67 Å². The van der Waals surface area contributed by atoms with Crippen molar-refractivity contribution >= 4 is 50.1 Å². The van der Waals surface area contributed by atoms with E-state index in [-0.39, 0.29) is 15.5 Å². The second kappa shape index (κ2) is 8.64. The van der Waals surface area contributed by atoms with Crippen LogP contribution in [0.3, 0.4) is 0 Å². The van der Waals surface area contributed by atoms with Crippen LogP contribution in [0.2, 0.25) is 0 Å². The molecule has 0 spiro atoms. The van der Waals surface area contributed by atoms with Gasteiger partial charge in [0.15, 0.2) is 0 Å². The molecule has 1 aromatic heterocycles. The second-order valence-electron chi connectivity index (χ2n) is 6.28. The van der Waals surface area contributed by atoms with Crippen LogP contribution in [-0.2, 0) is 10.0 Å². The Morgan fingerprint density at radius 3 is 2.00 bits per heavy atom. The first-order valence-electron chi connectivity index (χ1n) is 8.97. The molecular formula is C20H22N4O4S2. The van der Waals surface area contributed by atoms with Gasteiger partial charge in [0.05, 0.1) is 17.1 Å². The molecule has 0 atom stereocenters. The summed E-state index contributed by atoms with van der Waals surface area (Å²) in [5.41, 5.74) is 2.28. The lowest BCUT2D eigenvalue weighted by atomic mass is 10.2. The number of rotatable bonds is 8. The van der Waals surface area contributed by atoms with Gasteiger partial charge in [-0.1, -0.05) is 30.3 Å². The summed E-state index contributed by atoms with van der Waals surface area (Å²) in [5, 5.41) is 18.4. The van der Waals surface area contributed by atoms with Crippen molar-refractivity contribution in [3.05, 3.63) is 53.4 Å². The van der Waals surface area contributed by atoms with Gasteiger partial charge in [-0.15, -0.1) is 11.3 Å². The van der Waals surface area contributed by atoms with Crippen molar-refractivity contribution in [2.75, 3.05) is 41.8 Å². The molecule has 0 bridgehead atoms. The Balaban J connectivity index is 2.10. The van der Waals surface area contributed by atoms with E-state index in [2.05, 4.69) is 20.7 Å². The van der Waals surface area contributed by atoms with Crippen LogP contribution in [0.25, 0.3) is 10.4 Å². The molecule has 0 amide bonds. The Labute approximate surface area is 179 Å². The molecular weight excluding hydrogens is 424 g/mol. The van der Waals surface area contributed by atoms with Gasteiger partial charge in [0.2, 0.25) is 0 Å². The van der Waals surface area contributed by atoms with Gasteiger partial charge in [0.1, 0.15) is 9.77 Å². The van der Waals surface area contributed by atoms with E-state index in [1.165, 1.54) is 0 Å². The standard InChI is InChI=1S/C20H22N4O4S2/c1-21-13-9-15(22-2)19(16(10-13)23-3)30(27,28)24-14-11-17(29-18(14)20(25)26)12-7-5-4-6-8-12/h4-11,21-24H,1-3H3,(H,25,26). The normalized spacial score (nSPS) is 11.0. The lowest BCUT2D eigenvalue weighted by Gasteiger charge is -2.17. The summed E-state index contributed by atoms with van der Waals surface area (Å²) in [5.74, 6) is -1.20. The quantitative estimate of drug-likeness (QED) is 0.354. The van der Waals surface area contributed by atoms with Gasteiger partial charge in [-0.3, -0.25) is 4.72 Å². The minimum absolute atomic E-state index is 0.00435. The first kappa shape index (κ1) is 21.5. The Bertz CT molecular complexity index is 1150. The lowest BCUT2D eigenvalue weighted by Crippen LogP contribution is -2.18. The molecule has 0 saturated heterocycles. The zero-order valence-corrected chi connectivity index (χ0v) is 18.2. The molecule has 0 aliphatic rings. The Morgan fingerprint density at radius 2 is 1.50 bits per heavy atom. The van der Waals surface area contributed by atoms with Crippen molar-refractivity contribution in [3.63, 3.8) is 0 Å². The number of nitrogens with one attached hydrogen (secondary N) is 4. The smallest absolute Gasteiger partial charge is 0.348 e. The molecule has 0 unspecified atom stereocenters. The molecule has 158 valence electrons. The molecule has 0 fully saturated rings. The number of aromatic carboxylic acids is 1. The molecule has 0 radical (unpaired) electrons. The number of carbonyl (C=O) groups is 1. The fourth-order valence-electron chi connectivity index (χ4n) is 3.00. The van der Waals surface area contributed by atoms with Crippen molar-refractivity contribution in [2.45, 2.75) is 4.90 Å². The van der Waals surface area contributed by atoms with Crippen LogP contribution in [0.5, 0.6) is 0 Å². The van der Waals surface area contributed by atoms with Crippen LogP contribution >= 0.6 is 11.3 Å². The van der Waals surface area contributed by atoms with Crippen LogP contribution in [0, 0.1) is 0 Å². The van der Waals surface area contributed by atoms with Gasteiger partial charge >= 0.3 is 5.97 Å². The minimum Gasteiger partial charge on any atom is -0.477 e. The lowest BCUT2D eigenvalue weighted by molar-refractivity contribution is 0.0703. The molecule has 0 aliphatic carbocycles.